The summed E-state index contributed by atoms with van der Waals surface area (Å²) in [6.07, 6.45) is 1.02. The van der Waals surface area contributed by atoms with E-state index in [1.807, 2.05) is 24.3 Å². The second-order valence-electron chi connectivity index (χ2n) is 6.98. The molecule has 0 aliphatic carbocycles. The van der Waals surface area contributed by atoms with Crippen LogP contribution in [0.25, 0.3) is 20.6 Å². The van der Waals surface area contributed by atoms with Crippen LogP contribution in [0.15, 0.2) is 28.7 Å². The van der Waals surface area contributed by atoms with Gasteiger partial charge in [0.25, 0.3) is 5.91 Å². The van der Waals surface area contributed by atoms with Gasteiger partial charge in [0.05, 0.1) is 28.8 Å². The second kappa shape index (κ2) is 7.40. The number of oxazole rings is 1. The number of nitrogens with zero attached hydrogens (tertiary/aromatic N) is 3. The van der Waals surface area contributed by atoms with Crippen LogP contribution in [0.4, 0.5) is 10.8 Å². The van der Waals surface area contributed by atoms with E-state index in [0.29, 0.717) is 28.1 Å². The number of carbonyl (C=O) groups is 1. The highest BCUT2D eigenvalue weighted by molar-refractivity contribution is 7.29. The highest BCUT2D eigenvalue weighted by atomic mass is 32.1. The first-order valence-corrected chi connectivity index (χ1v) is 11.2. The van der Waals surface area contributed by atoms with Gasteiger partial charge in [-0.15, -0.1) is 11.3 Å². The molecule has 0 bridgehead atoms. The minimum absolute atomic E-state index is 0.140. The lowest BCUT2D eigenvalue weighted by Gasteiger charge is -2.34. The Labute approximate surface area is 175 Å². The van der Waals surface area contributed by atoms with Gasteiger partial charge in [0.1, 0.15) is 10.3 Å². The molecule has 1 aliphatic heterocycles. The molecule has 1 fully saturated rings. The molecular weight excluding hydrogens is 408 g/mol. The molecule has 1 saturated heterocycles. The Hall–Kier alpha value is -2.49. The van der Waals surface area contributed by atoms with E-state index < -0.39 is 0 Å². The molecule has 3 aromatic heterocycles. The molecule has 1 atom stereocenters. The molecule has 1 amide bonds. The number of aromatic nitrogens is 2. The predicted molar refractivity (Wildman–Crippen MR) is 116 cm³/mol. The molecule has 1 aliphatic rings. The van der Waals surface area contributed by atoms with E-state index in [4.69, 9.17) is 14.1 Å². The number of carbonyl (C=O) groups excluding carboxylic acids is 1. The number of amides is 1. The summed E-state index contributed by atoms with van der Waals surface area (Å²) in [4.78, 5) is 25.7. The van der Waals surface area contributed by atoms with Crippen molar-refractivity contribution in [3.8, 4) is 0 Å². The van der Waals surface area contributed by atoms with Crippen LogP contribution in [0.3, 0.4) is 0 Å². The number of hydrogen-bond donors (Lipinski definition) is 1. The van der Waals surface area contributed by atoms with Crippen LogP contribution < -0.4 is 10.2 Å². The van der Waals surface area contributed by atoms with Crippen molar-refractivity contribution >= 4 is 60.0 Å². The van der Waals surface area contributed by atoms with Crippen molar-refractivity contribution in [1.82, 2.24) is 9.97 Å². The third-order valence-electron chi connectivity index (χ3n) is 5.00. The number of hydrogen-bond acceptors (Lipinski definition) is 8. The van der Waals surface area contributed by atoms with Crippen molar-refractivity contribution in [2.45, 2.75) is 26.3 Å². The fourth-order valence-electron chi connectivity index (χ4n) is 3.52. The monoisotopic (exact) mass is 428 g/mol. The number of morpholine rings is 1. The van der Waals surface area contributed by atoms with Crippen LogP contribution in [0, 0.1) is 6.92 Å². The van der Waals surface area contributed by atoms with Crippen molar-refractivity contribution in [1.29, 1.82) is 0 Å². The number of anilines is 2. The lowest BCUT2D eigenvalue weighted by molar-refractivity contribution is 0.0930. The zero-order valence-corrected chi connectivity index (χ0v) is 17.7. The first-order valence-electron chi connectivity index (χ1n) is 9.54. The van der Waals surface area contributed by atoms with Crippen molar-refractivity contribution in [3.05, 3.63) is 35.0 Å². The Balaban J connectivity index is 1.35. The maximum Gasteiger partial charge on any atom is 0.265 e. The van der Waals surface area contributed by atoms with E-state index in [0.717, 1.165) is 46.4 Å². The average molecular weight is 429 g/mol. The van der Waals surface area contributed by atoms with Gasteiger partial charge in [-0.25, -0.2) is 9.97 Å². The number of thiazole rings is 1. The van der Waals surface area contributed by atoms with E-state index in [1.165, 1.54) is 11.3 Å². The molecule has 4 heterocycles. The maximum absolute atomic E-state index is 12.7. The second-order valence-corrected chi connectivity index (χ2v) is 9.02. The number of rotatable bonds is 4. The fraction of sp³-hybridized carbons (Fsp3) is 0.350. The number of benzene rings is 1. The molecular formula is C20H20N4O3S2. The molecule has 9 heteroatoms. The van der Waals surface area contributed by atoms with Crippen LogP contribution in [-0.4, -0.2) is 41.7 Å². The Morgan fingerprint density at radius 1 is 1.31 bits per heavy atom. The molecule has 1 aromatic carbocycles. The molecule has 0 saturated carbocycles. The van der Waals surface area contributed by atoms with Gasteiger partial charge in [0.15, 0.2) is 16.6 Å². The highest BCUT2D eigenvalue weighted by Gasteiger charge is 2.25. The first kappa shape index (κ1) is 18.5. The third-order valence-corrected chi connectivity index (χ3v) is 7.20. The number of thiophene rings is 1. The van der Waals surface area contributed by atoms with E-state index in [9.17, 15) is 4.79 Å². The normalized spacial score (nSPS) is 17.3. The zero-order chi connectivity index (χ0) is 20.0. The topological polar surface area (TPSA) is 80.5 Å². The van der Waals surface area contributed by atoms with Crippen LogP contribution in [-0.2, 0) is 4.74 Å². The maximum atomic E-state index is 12.7. The summed E-state index contributed by atoms with van der Waals surface area (Å²) in [5.74, 6) is 0.466. The Morgan fingerprint density at radius 3 is 3.03 bits per heavy atom. The Bertz CT molecular complexity index is 1160. The number of ether oxygens (including phenoxy) is 1. The van der Waals surface area contributed by atoms with Crippen molar-refractivity contribution in [2.75, 3.05) is 30.0 Å². The van der Waals surface area contributed by atoms with Crippen molar-refractivity contribution < 1.29 is 13.9 Å². The van der Waals surface area contributed by atoms with Crippen LogP contribution in [0.1, 0.15) is 28.9 Å². The molecule has 29 heavy (non-hydrogen) atoms. The van der Waals surface area contributed by atoms with E-state index in [2.05, 4.69) is 22.1 Å². The SMILES string of the molecule is CCC1COCCN1c1nc2sc(C(=O)Nc3ccc4oc(C)nc4c3)cc2s1. The zero-order valence-electron chi connectivity index (χ0n) is 16.1. The van der Waals surface area contributed by atoms with Gasteiger partial charge in [-0.1, -0.05) is 18.3 Å². The summed E-state index contributed by atoms with van der Waals surface area (Å²) in [6.45, 7) is 6.30. The molecule has 7 nitrogen and oxygen atoms in total. The van der Waals surface area contributed by atoms with Gasteiger partial charge in [-0.3, -0.25) is 4.79 Å². The standard InChI is InChI=1S/C20H20N4O3S2/c1-3-13-10-26-7-6-24(13)20-23-19-17(29-20)9-16(28-19)18(25)22-12-4-5-15-14(8-12)21-11(2)27-15/h4-5,8-9,13H,3,6-7,10H2,1-2H3,(H,22,25). The summed E-state index contributed by atoms with van der Waals surface area (Å²) >= 11 is 3.06. The van der Waals surface area contributed by atoms with Gasteiger partial charge >= 0.3 is 0 Å². The molecule has 5 rings (SSSR count). The largest absolute Gasteiger partial charge is 0.441 e. The lowest BCUT2D eigenvalue weighted by atomic mass is 10.2. The third kappa shape index (κ3) is 3.50. The molecule has 1 N–H and O–H groups in total. The quantitative estimate of drug-likeness (QED) is 0.509. The summed E-state index contributed by atoms with van der Waals surface area (Å²) in [5.41, 5.74) is 2.14. The number of nitrogens with one attached hydrogen (secondary N) is 1. The summed E-state index contributed by atoms with van der Waals surface area (Å²) in [5, 5.41) is 3.96. The van der Waals surface area contributed by atoms with Crippen LogP contribution in [0.2, 0.25) is 0 Å². The van der Waals surface area contributed by atoms with Gasteiger partial charge in [-0.2, -0.15) is 0 Å². The molecule has 4 aromatic rings. The van der Waals surface area contributed by atoms with Crippen molar-refractivity contribution in [3.63, 3.8) is 0 Å². The van der Waals surface area contributed by atoms with Gasteiger partial charge in [0.2, 0.25) is 0 Å². The lowest BCUT2D eigenvalue weighted by Crippen LogP contribution is -2.45. The van der Waals surface area contributed by atoms with Crippen molar-refractivity contribution in [2.24, 2.45) is 0 Å². The van der Waals surface area contributed by atoms with Crippen LogP contribution in [0.5, 0.6) is 0 Å². The van der Waals surface area contributed by atoms with E-state index >= 15 is 0 Å². The minimum Gasteiger partial charge on any atom is -0.441 e. The number of aryl methyl sites for hydroxylation is 1. The fourth-order valence-corrected chi connectivity index (χ4v) is 5.72. The highest BCUT2D eigenvalue weighted by Crippen LogP contribution is 2.36. The molecule has 0 spiro atoms. The van der Waals surface area contributed by atoms with Gasteiger partial charge in [0, 0.05) is 19.2 Å². The summed E-state index contributed by atoms with van der Waals surface area (Å²) in [7, 11) is 0. The molecule has 0 radical (unpaired) electrons. The molecule has 150 valence electrons. The van der Waals surface area contributed by atoms with E-state index in [-0.39, 0.29) is 5.91 Å². The van der Waals surface area contributed by atoms with Gasteiger partial charge in [-0.05, 0) is 30.7 Å². The minimum atomic E-state index is -0.140. The summed E-state index contributed by atoms with van der Waals surface area (Å²) in [6, 6.07) is 7.75. The van der Waals surface area contributed by atoms with Crippen LogP contribution >= 0.6 is 22.7 Å². The predicted octanol–water partition coefficient (Wildman–Crippen LogP) is 4.67. The van der Waals surface area contributed by atoms with Gasteiger partial charge < -0.3 is 19.4 Å². The summed E-state index contributed by atoms with van der Waals surface area (Å²) < 4.78 is 12.1. The molecule has 1 unspecified atom stereocenters. The van der Waals surface area contributed by atoms with E-state index in [1.54, 1.807) is 18.3 Å². The first-order chi connectivity index (χ1) is 14.1. The Morgan fingerprint density at radius 2 is 2.21 bits per heavy atom. The average Bonchev–Trinajstić information content (AvgIpc) is 3.39. The smallest absolute Gasteiger partial charge is 0.265 e. The Kier molecular flexibility index (Phi) is 4.73. The number of fused-ring (bicyclic) bond motifs is 2.